The van der Waals surface area contributed by atoms with Crippen molar-refractivity contribution in [3.63, 3.8) is 0 Å². The Morgan fingerprint density at radius 1 is 0.588 bits per heavy atom. The average molecular weight is 721 g/mol. The Hall–Kier alpha value is -4.10. The number of esters is 2. The number of carbonyl (C=O) groups is 4. The smallest absolute Gasteiger partial charge is 0.339 e. The lowest BCUT2D eigenvalue weighted by Crippen LogP contribution is -2.29. The van der Waals surface area contributed by atoms with Gasteiger partial charge in [0.2, 0.25) is 23.9 Å². The van der Waals surface area contributed by atoms with Gasteiger partial charge >= 0.3 is 11.9 Å². The van der Waals surface area contributed by atoms with Gasteiger partial charge in [-0.25, -0.2) is 9.59 Å². The van der Waals surface area contributed by atoms with Crippen LogP contribution >= 0.6 is 0 Å². The van der Waals surface area contributed by atoms with Crippen LogP contribution in [-0.2, 0) is 19.1 Å². The van der Waals surface area contributed by atoms with E-state index >= 15 is 0 Å². The van der Waals surface area contributed by atoms with E-state index in [-0.39, 0.29) is 35.8 Å². The van der Waals surface area contributed by atoms with E-state index in [1.807, 2.05) is 0 Å². The van der Waals surface area contributed by atoms with Crippen LogP contribution in [0.4, 0.5) is 0 Å². The van der Waals surface area contributed by atoms with Crippen LogP contribution in [-0.4, -0.2) is 72.0 Å². The summed E-state index contributed by atoms with van der Waals surface area (Å²) in [6, 6.07) is 2.28. The Labute approximate surface area is 302 Å². The van der Waals surface area contributed by atoms with Gasteiger partial charge in [-0.3, -0.25) is 29.8 Å². The number of benzene rings is 1. The number of hydrogen-bond acceptors (Lipinski definition) is 10. The first kappa shape index (κ1) is 44.9. The Morgan fingerprint density at radius 3 is 1.31 bits per heavy atom. The predicted octanol–water partition coefficient (Wildman–Crippen LogP) is 6.89. The van der Waals surface area contributed by atoms with Gasteiger partial charge in [0.15, 0.2) is 13.2 Å². The SMILES string of the molecule is CC(=O)NCCCCCCCCCCC(COC(=O)c1ccc(C)cc1C(=O)OCC(CCCCCCCCCCNC(C)=O)[N+](=O)[O-])[N+](=O)[O-]. The quantitative estimate of drug-likeness (QED) is 0.0365. The van der Waals surface area contributed by atoms with Gasteiger partial charge < -0.3 is 20.1 Å². The maximum atomic E-state index is 13.0. The minimum Gasteiger partial charge on any atom is -0.455 e. The molecule has 0 heterocycles. The van der Waals surface area contributed by atoms with E-state index in [2.05, 4.69) is 10.6 Å². The van der Waals surface area contributed by atoms with Crippen LogP contribution in [0, 0.1) is 27.2 Å². The van der Waals surface area contributed by atoms with E-state index in [4.69, 9.17) is 9.47 Å². The largest absolute Gasteiger partial charge is 0.455 e. The van der Waals surface area contributed by atoms with Crippen molar-refractivity contribution in [1.29, 1.82) is 0 Å². The van der Waals surface area contributed by atoms with Crippen molar-refractivity contribution >= 4 is 23.8 Å². The first-order valence-electron chi connectivity index (χ1n) is 18.6. The number of ether oxygens (including phenoxy) is 2. The summed E-state index contributed by atoms with van der Waals surface area (Å²) < 4.78 is 10.6. The van der Waals surface area contributed by atoms with Gasteiger partial charge in [0.25, 0.3) is 0 Å². The highest BCUT2D eigenvalue weighted by Gasteiger charge is 2.27. The molecule has 1 aromatic carbocycles. The zero-order chi connectivity index (χ0) is 37.9. The lowest BCUT2D eigenvalue weighted by molar-refractivity contribution is -0.526. The predicted molar refractivity (Wildman–Crippen MR) is 194 cm³/mol. The van der Waals surface area contributed by atoms with Crippen LogP contribution < -0.4 is 10.6 Å². The molecule has 0 radical (unpaired) electrons. The molecule has 2 amide bonds. The molecule has 14 nitrogen and oxygen atoms in total. The van der Waals surface area contributed by atoms with Crippen LogP contribution in [0.1, 0.15) is 156 Å². The van der Waals surface area contributed by atoms with E-state index in [1.54, 1.807) is 13.0 Å². The molecular weight excluding hydrogens is 660 g/mol. The molecule has 0 fully saturated rings. The average Bonchev–Trinajstić information content (AvgIpc) is 3.07. The molecule has 1 rings (SSSR count). The van der Waals surface area contributed by atoms with E-state index < -0.39 is 47.1 Å². The molecule has 0 spiro atoms. The van der Waals surface area contributed by atoms with Crippen LogP contribution in [0.15, 0.2) is 18.2 Å². The number of nitro groups is 2. The summed E-state index contributed by atoms with van der Waals surface area (Å²) in [5, 5.41) is 28.9. The molecule has 0 saturated carbocycles. The van der Waals surface area contributed by atoms with Gasteiger partial charge in [-0.1, -0.05) is 88.7 Å². The monoisotopic (exact) mass is 720 g/mol. The van der Waals surface area contributed by atoms with Crippen LogP contribution in [0.25, 0.3) is 0 Å². The van der Waals surface area contributed by atoms with Gasteiger partial charge in [0.05, 0.1) is 11.1 Å². The minimum absolute atomic E-state index is 0.0215. The highest BCUT2D eigenvalue weighted by molar-refractivity contribution is 6.03. The van der Waals surface area contributed by atoms with Crippen molar-refractivity contribution < 1.29 is 38.5 Å². The topological polar surface area (TPSA) is 197 Å². The Kier molecular flexibility index (Phi) is 24.3. The van der Waals surface area contributed by atoms with E-state index in [0.717, 1.165) is 89.9 Å². The van der Waals surface area contributed by atoms with Crippen LogP contribution in [0.5, 0.6) is 0 Å². The van der Waals surface area contributed by atoms with Crippen molar-refractivity contribution in [2.45, 2.75) is 148 Å². The molecule has 2 atom stereocenters. The number of carbonyl (C=O) groups excluding carboxylic acids is 4. The third-order valence-electron chi connectivity index (χ3n) is 8.70. The summed E-state index contributed by atoms with van der Waals surface area (Å²) in [5.41, 5.74) is 0.440. The molecule has 0 aliphatic rings. The molecule has 0 aliphatic heterocycles. The van der Waals surface area contributed by atoms with Crippen LogP contribution in [0.2, 0.25) is 0 Å². The minimum atomic E-state index is -1.08. The number of rotatable bonds is 30. The zero-order valence-electron chi connectivity index (χ0n) is 30.9. The summed E-state index contributed by atoms with van der Waals surface area (Å²) >= 11 is 0. The molecule has 0 saturated heterocycles. The molecule has 51 heavy (non-hydrogen) atoms. The number of unbranched alkanes of at least 4 members (excludes halogenated alkanes) is 14. The fourth-order valence-electron chi connectivity index (χ4n) is 5.66. The molecule has 2 N–H and O–H groups in total. The molecule has 0 bridgehead atoms. The Balaban J connectivity index is 2.47. The lowest BCUT2D eigenvalue weighted by Gasteiger charge is -2.14. The summed E-state index contributed by atoms with van der Waals surface area (Å²) in [6.45, 7) is 5.22. The van der Waals surface area contributed by atoms with Gasteiger partial charge in [-0.15, -0.1) is 0 Å². The fourth-order valence-corrected chi connectivity index (χ4v) is 5.66. The Morgan fingerprint density at radius 2 is 0.941 bits per heavy atom. The van der Waals surface area contributed by atoms with Gasteiger partial charge in [-0.2, -0.15) is 0 Å². The van der Waals surface area contributed by atoms with E-state index in [0.29, 0.717) is 31.5 Å². The number of hydrogen-bond donors (Lipinski definition) is 2. The highest BCUT2D eigenvalue weighted by atomic mass is 16.6. The second-order valence-corrected chi connectivity index (χ2v) is 13.3. The van der Waals surface area contributed by atoms with Crippen LogP contribution in [0.3, 0.4) is 0 Å². The molecule has 288 valence electrons. The molecular formula is C37H60N4O10. The maximum absolute atomic E-state index is 13.0. The molecule has 2 unspecified atom stereocenters. The lowest BCUT2D eigenvalue weighted by atomic mass is 10.0. The van der Waals surface area contributed by atoms with Crippen molar-refractivity contribution in [2.75, 3.05) is 26.3 Å². The second kappa shape index (κ2) is 27.6. The number of amides is 2. The van der Waals surface area contributed by atoms with Gasteiger partial charge in [-0.05, 0) is 44.7 Å². The van der Waals surface area contributed by atoms with Gasteiger partial charge in [0, 0.05) is 49.6 Å². The molecule has 1 aromatic rings. The standard InChI is InChI=1S/C37H60N4O10/c1-29-22-23-34(36(44)50-27-32(40(46)47)20-16-12-8-4-6-10-14-18-24-38-30(2)42)35(26-29)37(45)51-28-33(41(48)49)21-17-13-9-5-7-11-15-19-25-39-31(3)43/h22-23,26,32-33H,4-21,24-25,27-28H2,1-3H3,(H,38,42)(H,39,43). The number of aryl methyl sites for hydroxylation is 1. The number of nitrogens with one attached hydrogen (secondary N) is 2. The molecule has 0 aromatic heterocycles. The molecule has 0 aliphatic carbocycles. The second-order valence-electron chi connectivity index (χ2n) is 13.3. The Bertz CT molecular complexity index is 1230. The zero-order valence-corrected chi connectivity index (χ0v) is 30.9. The first-order valence-corrected chi connectivity index (χ1v) is 18.6. The third kappa shape index (κ3) is 22.4. The van der Waals surface area contributed by atoms with E-state index in [1.165, 1.54) is 26.0 Å². The third-order valence-corrected chi connectivity index (χ3v) is 8.70. The molecule has 14 heteroatoms. The summed E-state index contributed by atoms with van der Waals surface area (Å²) in [6.07, 6.45) is 15.6. The van der Waals surface area contributed by atoms with E-state index in [9.17, 15) is 39.4 Å². The first-order chi connectivity index (χ1) is 24.4. The number of nitrogens with zero attached hydrogens (tertiary/aromatic N) is 2. The van der Waals surface area contributed by atoms with Gasteiger partial charge in [0.1, 0.15) is 0 Å². The fraction of sp³-hybridized carbons (Fsp3) is 0.730. The van der Waals surface area contributed by atoms with Crippen molar-refractivity contribution in [1.82, 2.24) is 10.6 Å². The summed E-state index contributed by atoms with van der Waals surface area (Å²) in [7, 11) is 0. The maximum Gasteiger partial charge on any atom is 0.339 e. The van der Waals surface area contributed by atoms with Crippen molar-refractivity contribution in [3.05, 3.63) is 55.1 Å². The summed E-state index contributed by atoms with van der Waals surface area (Å²) in [4.78, 5) is 70.2. The summed E-state index contributed by atoms with van der Waals surface area (Å²) in [5.74, 6) is -1.83. The normalized spacial score (nSPS) is 12.1. The highest BCUT2D eigenvalue weighted by Crippen LogP contribution is 2.18. The van der Waals surface area contributed by atoms with Crippen molar-refractivity contribution in [3.8, 4) is 0 Å². The van der Waals surface area contributed by atoms with Crippen molar-refractivity contribution in [2.24, 2.45) is 0 Å².